The second-order valence-electron chi connectivity index (χ2n) is 9.36. The molecule has 0 aromatic carbocycles. The molecule has 1 aliphatic carbocycles. The maximum Gasteiger partial charge on any atom is 0.328 e. The molecule has 2 bridgehead atoms. The van der Waals surface area contributed by atoms with Gasteiger partial charge in [0.15, 0.2) is 6.29 Å². The first-order valence-corrected chi connectivity index (χ1v) is 13.3. The molecule has 6 rings (SSSR count). The van der Waals surface area contributed by atoms with E-state index in [1.807, 2.05) is 6.07 Å². The fraction of sp³-hybridized carbons (Fsp3) is 0.440. The molecule has 3 aliphatic heterocycles. The maximum atomic E-state index is 15.7. The lowest BCUT2D eigenvalue weighted by atomic mass is 9.68. The summed E-state index contributed by atoms with van der Waals surface area (Å²) >= 11 is 1.55. The number of anilines is 3. The number of urea groups is 1. The van der Waals surface area contributed by atoms with E-state index < -0.39 is 17.7 Å². The number of nitriles is 1. The molecule has 2 fully saturated rings. The Kier molecular flexibility index (Phi) is 7.18. The van der Waals surface area contributed by atoms with Crippen LogP contribution in [0.4, 0.5) is 26.5 Å². The second kappa shape index (κ2) is 10.5. The normalized spacial score (nSPS) is 21.7. The van der Waals surface area contributed by atoms with Crippen molar-refractivity contribution in [2.24, 2.45) is 0 Å². The first kappa shape index (κ1) is 25.9. The van der Waals surface area contributed by atoms with Gasteiger partial charge in [-0.25, -0.2) is 19.2 Å². The number of amides is 3. The van der Waals surface area contributed by atoms with E-state index in [4.69, 9.17) is 4.74 Å². The molecule has 2 N–H and O–H groups in total. The number of nitrogens with zero attached hydrogens (tertiary/aromatic N) is 5. The standard InChI is InChI=1S/C25H26FN7O4S/c1-37-4-2-28-19-7-21(29-11-16(19)10-27)31-24(36)33-17-8-25(26,9-17)18-6-15(20(13-34)30-23(18)33)12-32-3-5-38-14-22(32)35/h6-7,11,13,17H,2-5,8-9,12,14H2,1H3,(H2,28,29,31,36). The smallest absolute Gasteiger partial charge is 0.328 e. The number of halogens is 1. The Labute approximate surface area is 222 Å². The molecular weight excluding hydrogens is 513 g/mol. The number of carbonyl (C=O) groups excluding carboxylic acids is 3. The molecule has 4 aliphatic rings. The number of methoxy groups -OCH3 is 1. The predicted octanol–water partition coefficient (Wildman–Crippen LogP) is 2.67. The molecule has 13 heteroatoms. The number of alkyl halides is 1. The zero-order valence-electron chi connectivity index (χ0n) is 20.7. The number of aldehydes is 1. The molecule has 2 aromatic heterocycles. The third-order valence-electron chi connectivity index (χ3n) is 6.97. The molecule has 1 saturated heterocycles. The van der Waals surface area contributed by atoms with Gasteiger partial charge >= 0.3 is 6.03 Å². The molecule has 0 unspecified atom stereocenters. The van der Waals surface area contributed by atoms with E-state index in [0.29, 0.717) is 48.5 Å². The molecule has 5 heterocycles. The van der Waals surface area contributed by atoms with Crippen LogP contribution in [0.5, 0.6) is 0 Å². The van der Waals surface area contributed by atoms with Crippen LogP contribution in [0.25, 0.3) is 0 Å². The number of aromatic nitrogens is 2. The fourth-order valence-corrected chi connectivity index (χ4v) is 5.82. The molecular formula is C25H26FN7O4S. The minimum atomic E-state index is -1.65. The van der Waals surface area contributed by atoms with Gasteiger partial charge in [-0.3, -0.25) is 19.8 Å². The van der Waals surface area contributed by atoms with E-state index >= 15 is 4.39 Å². The summed E-state index contributed by atoms with van der Waals surface area (Å²) in [5.41, 5.74) is -0.0892. The van der Waals surface area contributed by atoms with Crippen molar-refractivity contribution >= 4 is 47.3 Å². The van der Waals surface area contributed by atoms with Gasteiger partial charge in [-0.05, 0) is 6.07 Å². The van der Waals surface area contributed by atoms with Crippen molar-refractivity contribution in [1.82, 2.24) is 14.9 Å². The SMILES string of the molecule is COCCNc1cc(NC(=O)N2c3nc(C=O)c(CN4CCSCC4=O)cc3C3(F)CC2C3)ncc1C#N. The molecule has 2 aromatic rings. The lowest BCUT2D eigenvalue weighted by Crippen LogP contribution is -2.60. The van der Waals surface area contributed by atoms with Crippen molar-refractivity contribution in [3.8, 4) is 6.07 Å². The number of ether oxygens (including phenoxy) is 1. The molecule has 38 heavy (non-hydrogen) atoms. The molecule has 0 atom stereocenters. The van der Waals surface area contributed by atoms with Gasteiger partial charge in [-0.2, -0.15) is 17.0 Å². The Morgan fingerprint density at radius 2 is 2.24 bits per heavy atom. The topological polar surface area (TPSA) is 141 Å². The Hall–Kier alpha value is -3.76. The van der Waals surface area contributed by atoms with Gasteiger partial charge in [0.2, 0.25) is 5.91 Å². The summed E-state index contributed by atoms with van der Waals surface area (Å²) in [6.45, 7) is 1.57. The van der Waals surface area contributed by atoms with Crippen LogP contribution < -0.4 is 15.5 Å². The van der Waals surface area contributed by atoms with Gasteiger partial charge in [-0.15, -0.1) is 0 Å². The molecule has 1 saturated carbocycles. The highest BCUT2D eigenvalue weighted by atomic mass is 32.2. The monoisotopic (exact) mass is 539 g/mol. The quantitative estimate of drug-likeness (QED) is 0.383. The van der Waals surface area contributed by atoms with Gasteiger partial charge in [0.1, 0.15) is 29.1 Å². The van der Waals surface area contributed by atoms with Crippen LogP contribution in [0.2, 0.25) is 0 Å². The van der Waals surface area contributed by atoms with Crippen LogP contribution in [-0.2, 0) is 21.7 Å². The summed E-state index contributed by atoms with van der Waals surface area (Å²) in [4.78, 5) is 49.2. The Morgan fingerprint density at radius 1 is 1.42 bits per heavy atom. The van der Waals surface area contributed by atoms with Crippen molar-refractivity contribution in [3.63, 3.8) is 0 Å². The summed E-state index contributed by atoms with van der Waals surface area (Å²) in [5, 5.41) is 15.1. The van der Waals surface area contributed by atoms with Crippen molar-refractivity contribution in [3.05, 3.63) is 40.7 Å². The lowest BCUT2D eigenvalue weighted by molar-refractivity contribution is -0.129. The van der Waals surface area contributed by atoms with Crippen molar-refractivity contribution < 1.29 is 23.5 Å². The highest BCUT2D eigenvalue weighted by Gasteiger charge is 2.57. The Morgan fingerprint density at radius 3 is 2.95 bits per heavy atom. The summed E-state index contributed by atoms with van der Waals surface area (Å²) in [7, 11) is 1.56. The summed E-state index contributed by atoms with van der Waals surface area (Å²) in [6, 6.07) is 4.17. The van der Waals surface area contributed by atoms with Crippen LogP contribution >= 0.6 is 11.8 Å². The molecule has 0 spiro atoms. The van der Waals surface area contributed by atoms with Gasteiger partial charge in [-0.1, -0.05) is 0 Å². The zero-order valence-corrected chi connectivity index (χ0v) is 21.5. The van der Waals surface area contributed by atoms with E-state index in [1.54, 1.807) is 35.9 Å². The van der Waals surface area contributed by atoms with Crippen molar-refractivity contribution in [1.29, 1.82) is 5.26 Å². The third-order valence-corrected chi connectivity index (χ3v) is 7.89. The van der Waals surface area contributed by atoms with Gasteiger partial charge in [0, 0.05) is 74.8 Å². The summed E-state index contributed by atoms with van der Waals surface area (Å²) < 4.78 is 20.7. The average molecular weight is 540 g/mol. The fourth-order valence-electron chi connectivity index (χ4n) is 4.97. The zero-order chi connectivity index (χ0) is 26.9. The largest absolute Gasteiger partial charge is 0.383 e. The molecule has 198 valence electrons. The predicted molar refractivity (Wildman–Crippen MR) is 139 cm³/mol. The maximum absolute atomic E-state index is 15.7. The minimum Gasteiger partial charge on any atom is -0.383 e. The lowest BCUT2D eigenvalue weighted by Gasteiger charge is -2.52. The number of pyridine rings is 2. The highest BCUT2D eigenvalue weighted by molar-refractivity contribution is 8.00. The number of carbonyl (C=O) groups is 3. The van der Waals surface area contributed by atoms with E-state index in [2.05, 4.69) is 20.6 Å². The van der Waals surface area contributed by atoms with Gasteiger partial charge in [0.05, 0.1) is 23.6 Å². The first-order chi connectivity index (χ1) is 18.4. The van der Waals surface area contributed by atoms with Gasteiger partial charge < -0.3 is 15.0 Å². The van der Waals surface area contributed by atoms with Crippen molar-refractivity contribution in [2.75, 3.05) is 53.8 Å². The molecule has 11 nitrogen and oxygen atoms in total. The van der Waals surface area contributed by atoms with Crippen LogP contribution in [0, 0.1) is 11.3 Å². The van der Waals surface area contributed by atoms with E-state index in [9.17, 15) is 19.6 Å². The van der Waals surface area contributed by atoms with E-state index in [1.165, 1.54) is 11.1 Å². The second-order valence-corrected chi connectivity index (χ2v) is 10.5. The van der Waals surface area contributed by atoms with Crippen molar-refractivity contribution in [2.45, 2.75) is 31.1 Å². The third kappa shape index (κ3) is 4.77. The number of hydrogen-bond donors (Lipinski definition) is 2. The highest BCUT2D eigenvalue weighted by Crippen LogP contribution is 2.55. The van der Waals surface area contributed by atoms with Crippen LogP contribution in [0.15, 0.2) is 18.3 Å². The van der Waals surface area contributed by atoms with E-state index in [0.717, 1.165) is 5.75 Å². The Bertz CT molecular complexity index is 1330. The number of hydrogen-bond acceptors (Lipinski definition) is 9. The molecule has 3 amide bonds. The number of rotatable bonds is 8. The first-order valence-electron chi connectivity index (χ1n) is 12.1. The average Bonchev–Trinajstić information content (AvgIpc) is 2.89. The number of nitrogens with one attached hydrogen (secondary N) is 2. The van der Waals surface area contributed by atoms with E-state index in [-0.39, 0.29) is 48.2 Å². The van der Waals surface area contributed by atoms with Crippen LogP contribution in [0.1, 0.15) is 40.0 Å². The summed E-state index contributed by atoms with van der Waals surface area (Å²) in [5.74, 6) is 1.40. The number of thioether (sulfide) groups is 1. The molecule has 0 radical (unpaired) electrons. The summed E-state index contributed by atoms with van der Waals surface area (Å²) in [6.07, 6.45) is 2.14. The van der Waals surface area contributed by atoms with Crippen LogP contribution in [0.3, 0.4) is 0 Å². The Balaban J connectivity index is 1.42. The van der Waals surface area contributed by atoms with Crippen LogP contribution in [-0.4, -0.2) is 77.4 Å². The minimum absolute atomic E-state index is 0.0403. The van der Waals surface area contributed by atoms with Gasteiger partial charge in [0.25, 0.3) is 0 Å².